The normalized spacial score (nSPS) is 15.4. The summed E-state index contributed by atoms with van der Waals surface area (Å²) in [5.41, 5.74) is 0.387. The third-order valence-electron chi connectivity index (χ3n) is 2.44. The number of esters is 1. The van der Waals surface area contributed by atoms with Gasteiger partial charge >= 0.3 is 5.97 Å². The Labute approximate surface area is 122 Å². The number of ether oxygens (including phenoxy) is 4. The van der Waals surface area contributed by atoms with E-state index in [4.69, 9.17) is 18.9 Å². The summed E-state index contributed by atoms with van der Waals surface area (Å²) in [6.07, 6.45) is -0.327. The Bertz CT molecular complexity index is 290. The van der Waals surface area contributed by atoms with Crippen molar-refractivity contribution in [2.75, 3.05) is 26.4 Å². The molecule has 0 aliphatic heterocycles. The van der Waals surface area contributed by atoms with Gasteiger partial charge in [-0.3, -0.25) is 0 Å². The fourth-order valence-electron chi connectivity index (χ4n) is 1.30. The van der Waals surface area contributed by atoms with Crippen molar-refractivity contribution in [2.24, 2.45) is 0 Å². The van der Waals surface area contributed by atoms with E-state index in [1.807, 2.05) is 20.8 Å². The van der Waals surface area contributed by atoms with Gasteiger partial charge in [0.15, 0.2) is 0 Å². The number of carbonyl (C=O) groups excluding carboxylic acids is 1. The number of rotatable bonds is 11. The fraction of sp³-hybridized carbons (Fsp3) is 0.800. The van der Waals surface area contributed by atoms with E-state index in [1.54, 1.807) is 13.8 Å². The second kappa shape index (κ2) is 10.8. The van der Waals surface area contributed by atoms with Crippen LogP contribution in [0, 0.1) is 0 Å². The van der Waals surface area contributed by atoms with Crippen LogP contribution >= 0.6 is 0 Å². The molecule has 0 radical (unpaired) electrons. The molecular formula is C15H28O5. The van der Waals surface area contributed by atoms with E-state index in [9.17, 15) is 4.79 Å². The SMILES string of the molecule is C=C(C)C(=O)OC(C)COC(C)COC(C)COCC. The minimum atomic E-state index is -0.393. The number of hydrogen-bond acceptors (Lipinski definition) is 5. The second-order valence-corrected chi connectivity index (χ2v) is 4.94. The molecule has 3 unspecified atom stereocenters. The zero-order valence-corrected chi connectivity index (χ0v) is 13.3. The van der Waals surface area contributed by atoms with Gasteiger partial charge in [0, 0.05) is 12.2 Å². The lowest BCUT2D eigenvalue weighted by atomic mass is 10.3. The van der Waals surface area contributed by atoms with Gasteiger partial charge in [0.1, 0.15) is 6.10 Å². The van der Waals surface area contributed by atoms with Crippen molar-refractivity contribution in [3.05, 3.63) is 12.2 Å². The summed E-state index contributed by atoms with van der Waals surface area (Å²) in [6, 6.07) is 0. The number of carbonyl (C=O) groups is 1. The molecule has 0 N–H and O–H groups in total. The third kappa shape index (κ3) is 9.95. The molecule has 0 spiro atoms. The predicted octanol–water partition coefficient (Wildman–Crippen LogP) is 2.34. The van der Waals surface area contributed by atoms with Gasteiger partial charge in [0.2, 0.25) is 0 Å². The Morgan fingerprint density at radius 3 is 2.00 bits per heavy atom. The Hall–Kier alpha value is -0.910. The smallest absolute Gasteiger partial charge is 0.333 e. The molecule has 0 aromatic heterocycles. The van der Waals surface area contributed by atoms with E-state index in [-0.39, 0.29) is 18.3 Å². The monoisotopic (exact) mass is 288 g/mol. The van der Waals surface area contributed by atoms with Gasteiger partial charge < -0.3 is 18.9 Å². The first-order valence-electron chi connectivity index (χ1n) is 7.04. The van der Waals surface area contributed by atoms with Crippen molar-refractivity contribution < 1.29 is 23.7 Å². The molecule has 0 aliphatic rings. The van der Waals surface area contributed by atoms with E-state index < -0.39 is 5.97 Å². The topological polar surface area (TPSA) is 54.0 Å². The highest BCUT2D eigenvalue weighted by Crippen LogP contribution is 2.02. The van der Waals surface area contributed by atoms with Crippen LogP contribution in [0.15, 0.2) is 12.2 Å². The van der Waals surface area contributed by atoms with Gasteiger partial charge in [-0.2, -0.15) is 0 Å². The molecule has 0 amide bonds. The minimum Gasteiger partial charge on any atom is -0.457 e. The summed E-state index contributed by atoms with van der Waals surface area (Å²) >= 11 is 0. The maximum atomic E-state index is 11.3. The van der Waals surface area contributed by atoms with Gasteiger partial charge in [0.25, 0.3) is 0 Å². The van der Waals surface area contributed by atoms with Gasteiger partial charge in [-0.05, 0) is 34.6 Å². The minimum absolute atomic E-state index is 0.0414. The van der Waals surface area contributed by atoms with Crippen molar-refractivity contribution in [1.29, 1.82) is 0 Å². The highest BCUT2D eigenvalue weighted by molar-refractivity contribution is 5.87. The largest absolute Gasteiger partial charge is 0.457 e. The molecule has 0 rings (SSSR count). The maximum Gasteiger partial charge on any atom is 0.333 e. The van der Waals surface area contributed by atoms with Crippen LogP contribution in [0.3, 0.4) is 0 Å². The van der Waals surface area contributed by atoms with Crippen molar-refractivity contribution >= 4 is 5.97 Å². The van der Waals surface area contributed by atoms with Crippen molar-refractivity contribution in [3.63, 3.8) is 0 Å². The molecular weight excluding hydrogens is 260 g/mol. The molecule has 0 heterocycles. The lowest BCUT2D eigenvalue weighted by Gasteiger charge is -2.19. The lowest BCUT2D eigenvalue weighted by Crippen LogP contribution is -2.27. The third-order valence-corrected chi connectivity index (χ3v) is 2.44. The second-order valence-electron chi connectivity index (χ2n) is 4.94. The predicted molar refractivity (Wildman–Crippen MR) is 77.7 cm³/mol. The quantitative estimate of drug-likeness (QED) is 0.431. The average Bonchev–Trinajstić information content (AvgIpc) is 2.40. The molecule has 0 fully saturated rings. The molecule has 20 heavy (non-hydrogen) atoms. The van der Waals surface area contributed by atoms with Crippen LogP contribution in [0.4, 0.5) is 0 Å². The first-order valence-corrected chi connectivity index (χ1v) is 7.04. The van der Waals surface area contributed by atoms with Gasteiger partial charge in [-0.25, -0.2) is 4.79 Å². The van der Waals surface area contributed by atoms with Crippen LogP contribution < -0.4 is 0 Å². The zero-order valence-electron chi connectivity index (χ0n) is 13.3. The molecule has 5 nitrogen and oxygen atoms in total. The van der Waals surface area contributed by atoms with Gasteiger partial charge in [-0.15, -0.1) is 0 Å². The standard InChI is InChI=1S/C15H28O5/c1-7-17-8-12(4)18-9-13(5)19-10-14(6)20-15(16)11(2)3/h12-14H,2,7-10H2,1,3-6H3. The summed E-state index contributed by atoms with van der Waals surface area (Å²) in [5.74, 6) is -0.393. The molecule has 0 aliphatic carbocycles. The van der Waals surface area contributed by atoms with Crippen molar-refractivity contribution in [2.45, 2.75) is 52.9 Å². The molecule has 118 valence electrons. The van der Waals surface area contributed by atoms with Crippen LogP contribution in [0.1, 0.15) is 34.6 Å². The van der Waals surface area contributed by atoms with Gasteiger partial charge in [-0.1, -0.05) is 6.58 Å². The van der Waals surface area contributed by atoms with Crippen LogP contribution in [-0.4, -0.2) is 50.7 Å². The fourth-order valence-corrected chi connectivity index (χ4v) is 1.30. The highest BCUT2D eigenvalue weighted by atomic mass is 16.6. The molecule has 3 atom stereocenters. The maximum absolute atomic E-state index is 11.3. The zero-order chi connectivity index (χ0) is 15.5. The molecule has 0 saturated heterocycles. The summed E-state index contributed by atoms with van der Waals surface area (Å²) in [5, 5.41) is 0. The van der Waals surface area contributed by atoms with Crippen LogP contribution in [0.5, 0.6) is 0 Å². The van der Waals surface area contributed by atoms with E-state index in [1.165, 1.54) is 0 Å². The first-order chi connectivity index (χ1) is 9.36. The molecule has 0 aromatic rings. The van der Waals surface area contributed by atoms with E-state index in [0.29, 0.717) is 32.0 Å². The Morgan fingerprint density at radius 2 is 1.50 bits per heavy atom. The average molecular weight is 288 g/mol. The van der Waals surface area contributed by atoms with Crippen LogP contribution in [-0.2, 0) is 23.7 Å². The summed E-state index contributed by atoms with van der Waals surface area (Å²) in [6.45, 7) is 14.8. The Morgan fingerprint density at radius 1 is 1.00 bits per heavy atom. The van der Waals surface area contributed by atoms with Crippen LogP contribution in [0.25, 0.3) is 0 Å². The molecule has 0 saturated carbocycles. The molecule has 5 heteroatoms. The molecule has 0 aromatic carbocycles. The Balaban J connectivity index is 3.73. The highest BCUT2D eigenvalue weighted by Gasteiger charge is 2.13. The lowest BCUT2D eigenvalue weighted by molar-refractivity contribution is -0.148. The first kappa shape index (κ1) is 19.1. The summed E-state index contributed by atoms with van der Waals surface area (Å²) < 4.78 is 21.5. The van der Waals surface area contributed by atoms with Crippen molar-refractivity contribution in [1.82, 2.24) is 0 Å². The summed E-state index contributed by atoms with van der Waals surface area (Å²) in [4.78, 5) is 11.3. The van der Waals surface area contributed by atoms with Gasteiger partial charge in [0.05, 0.1) is 32.0 Å². The van der Waals surface area contributed by atoms with Crippen LogP contribution in [0.2, 0.25) is 0 Å². The Kier molecular flexibility index (Phi) is 10.3. The van der Waals surface area contributed by atoms with E-state index >= 15 is 0 Å². The van der Waals surface area contributed by atoms with Crippen molar-refractivity contribution in [3.8, 4) is 0 Å². The van der Waals surface area contributed by atoms with E-state index in [2.05, 4.69) is 6.58 Å². The number of hydrogen-bond donors (Lipinski definition) is 0. The summed E-state index contributed by atoms with van der Waals surface area (Å²) in [7, 11) is 0. The van der Waals surface area contributed by atoms with E-state index in [0.717, 1.165) is 0 Å². The molecule has 0 bridgehead atoms.